The van der Waals surface area contributed by atoms with Crippen LogP contribution in [0, 0.1) is 6.92 Å². The third kappa shape index (κ3) is 3.46. The highest BCUT2D eigenvalue weighted by Gasteiger charge is 2.22. The molecule has 1 unspecified atom stereocenters. The van der Waals surface area contributed by atoms with Crippen LogP contribution in [0.15, 0.2) is 41.3 Å². The van der Waals surface area contributed by atoms with Gasteiger partial charge in [-0.3, -0.25) is 4.79 Å². The van der Waals surface area contributed by atoms with Gasteiger partial charge in [-0.2, -0.15) is 0 Å². The number of hydrogen-bond donors (Lipinski definition) is 1. The maximum Gasteiger partial charge on any atom is 0.270 e. The Morgan fingerprint density at radius 2 is 1.91 bits per heavy atom. The molecule has 0 aliphatic carbocycles. The molecule has 1 heterocycles. The van der Waals surface area contributed by atoms with Crippen molar-refractivity contribution in [3.63, 3.8) is 0 Å². The van der Waals surface area contributed by atoms with Gasteiger partial charge in [-0.05, 0) is 43.7 Å². The monoisotopic (exact) mass is 335 g/mol. The van der Waals surface area contributed by atoms with Crippen LogP contribution in [0.3, 0.4) is 0 Å². The number of rotatable bonds is 4. The summed E-state index contributed by atoms with van der Waals surface area (Å²) in [5.74, 6) is -0.130. The number of aryl methyl sites for hydroxylation is 1. The summed E-state index contributed by atoms with van der Waals surface area (Å²) < 4.78 is 24.8. The van der Waals surface area contributed by atoms with Crippen LogP contribution in [-0.2, 0) is 17.1 Å². The van der Waals surface area contributed by atoms with Crippen LogP contribution in [0.2, 0.25) is 0 Å². The molecule has 0 bridgehead atoms. The third-order valence-corrected chi connectivity index (χ3v) is 5.07. The van der Waals surface area contributed by atoms with Gasteiger partial charge in [0.05, 0.1) is 10.9 Å². The highest BCUT2D eigenvalue weighted by atomic mass is 32.2. The minimum Gasteiger partial charge on any atom is -0.344 e. The first-order valence-corrected chi connectivity index (χ1v) is 8.70. The molecular weight excluding hydrogens is 314 g/mol. The average Bonchev–Trinajstić information content (AvgIpc) is 2.84. The quantitative estimate of drug-likeness (QED) is 0.924. The van der Waals surface area contributed by atoms with E-state index in [-0.39, 0.29) is 16.8 Å². The Morgan fingerprint density at radius 1 is 1.26 bits per heavy atom. The van der Waals surface area contributed by atoms with Crippen LogP contribution in [-0.4, -0.2) is 30.8 Å². The number of carbonyl (C=O) groups is 1. The predicted octanol–water partition coefficient (Wildman–Crippen LogP) is 1.81. The molecule has 2 rings (SSSR count). The lowest BCUT2D eigenvalue weighted by molar-refractivity contribution is 0.0732. The maximum atomic E-state index is 12.6. The normalized spacial score (nSPS) is 12.9. The molecule has 0 radical (unpaired) electrons. The summed E-state index contributed by atoms with van der Waals surface area (Å²) in [6.45, 7) is 3.77. The highest BCUT2D eigenvalue weighted by molar-refractivity contribution is 7.89. The average molecular weight is 335 g/mol. The van der Waals surface area contributed by atoms with Crippen LogP contribution in [0.4, 0.5) is 0 Å². The van der Waals surface area contributed by atoms with E-state index in [1.165, 1.54) is 12.1 Å². The molecule has 0 saturated carbocycles. The van der Waals surface area contributed by atoms with Crippen LogP contribution < -0.4 is 5.14 Å². The number of nitrogens with two attached hydrogens (primary N) is 1. The minimum absolute atomic E-state index is 0.0393. The predicted molar refractivity (Wildman–Crippen MR) is 88.5 cm³/mol. The molecule has 1 atom stereocenters. The number of primary sulfonamides is 1. The Hall–Kier alpha value is -2.12. The molecule has 23 heavy (non-hydrogen) atoms. The smallest absolute Gasteiger partial charge is 0.270 e. The Balaban J connectivity index is 2.31. The van der Waals surface area contributed by atoms with E-state index in [1.54, 1.807) is 30.1 Å². The molecule has 1 aromatic heterocycles. The largest absolute Gasteiger partial charge is 0.344 e. The molecule has 7 heteroatoms. The van der Waals surface area contributed by atoms with E-state index in [4.69, 9.17) is 5.14 Å². The van der Waals surface area contributed by atoms with Crippen molar-refractivity contribution in [3.8, 4) is 0 Å². The molecular formula is C16H21N3O3S. The summed E-state index contributed by atoms with van der Waals surface area (Å²) in [4.78, 5) is 14.3. The molecule has 0 aliphatic rings. The van der Waals surface area contributed by atoms with Gasteiger partial charge < -0.3 is 9.47 Å². The lowest BCUT2D eigenvalue weighted by Crippen LogP contribution is -2.31. The van der Waals surface area contributed by atoms with Crippen molar-refractivity contribution < 1.29 is 13.2 Å². The fraction of sp³-hybridized carbons (Fsp3) is 0.312. The fourth-order valence-corrected chi connectivity index (χ4v) is 2.93. The van der Waals surface area contributed by atoms with Gasteiger partial charge in [0, 0.05) is 19.8 Å². The molecule has 0 spiro atoms. The Bertz CT molecular complexity index is 840. The number of nitrogens with zero attached hydrogens (tertiary/aromatic N) is 2. The van der Waals surface area contributed by atoms with Gasteiger partial charge in [0.25, 0.3) is 5.91 Å². The SMILES string of the molecule is Cc1ccc(C(=O)N(C)C(C)c2cccc(S(N)(=O)=O)c2)n1C. The lowest BCUT2D eigenvalue weighted by Gasteiger charge is -2.26. The number of carbonyl (C=O) groups excluding carboxylic acids is 1. The van der Waals surface area contributed by atoms with E-state index in [1.807, 2.05) is 31.5 Å². The second-order valence-electron chi connectivity index (χ2n) is 5.63. The molecule has 1 aromatic carbocycles. The van der Waals surface area contributed by atoms with Crippen molar-refractivity contribution in [2.75, 3.05) is 7.05 Å². The summed E-state index contributed by atoms with van der Waals surface area (Å²) in [7, 11) is -0.238. The van der Waals surface area contributed by atoms with Crippen molar-refractivity contribution in [2.24, 2.45) is 12.2 Å². The van der Waals surface area contributed by atoms with E-state index < -0.39 is 10.0 Å². The van der Waals surface area contributed by atoms with Crippen molar-refractivity contribution >= 4 is 15.9 Å². The van der Waals surface area contributed by atoms with E-state index in [9.17, 15) is 13.2 Å². The molecule has 124 valence electrons. The van der Waals surface area contributed by atoms with Crippen LogP contribution in [0.25, 0.3) is 0 Å². The maximum absolute atomic E-state index is 12.6. The number of aromatic nitrogens is 1. The van der Waals surface area contributed by atoms with E-state index in [0.29, 0.717) is 11.3 Å². The Labute approximate surface area is 136 Å². The fourth-order valence-electron chi connectivity index (χ4n) is 2.36. The van der Waals surface area contributed by atoms with Gasteiger partial charge in [-0.15, -0.1) is 0 Å². The topological polar surface area (TPSA) is 85.4 Å². The zero-order chi connectivity index (χ0) is 17.4. The van der Waals surface area contributed by atoms with E-state index >= 15 is 0 Å². The van der Waals surface area contributed by atoms with E-state index in [2.05, 4.69) is 0 Å². The zero-order valence-corrected chi connectivity index (χ0v) is 14.5. The summed E-state index contributed by atoms with van der Waals surface area (Å²) in [6, 6.07) is 9.71. The Morgan fingerprint density at radius 3 is 2.43 bits per heavy atom. The lowest BCUT2D eigenvalue weighted by atomic mass is 10.1. The number of hydrogen-bond acceptors (Lipinski definition) is 3. The van der Waals surface area contributed by atoms with E-state index in [0.717, 1.165) is 5.69 Å². The van der Waals surface area contributed by atoms with Gasteiger partial charge in [0.2, 0.25) is 10.0 Å². The number of benzene rings is 1. The molecule has 1 amide bonds. The third-order valence-electron chi connectivity index (χ3n) is 4.16. The van der Waals surface area contributed by atoms with Crippen LogP contribution in [0.5, 0.6) is 0 Å². The first kappa shape index (κ1) is 17.2. The summed E-state index contributed by atoms with van der Waals surface area (Å²) in [6.07, 6.45) is 0. The van der Waals surface area contributed by atoms with Gasteiger partial charge >= 0.3 is 0 Å². The molecule has 0 aliphatic heterocycles. The van der Waals surface area contributed by atoms with Crippen molar-refractivity contribution in [1.82, 2.24) is 9.47 Å². The van der Waals surface area contributed by atoms with Gasteiger partial charge in [0.15, 0.2) is 0 Å². The molecule has 2 N–H and O–H groups in total. The molecule has 6 nitrogen and oxygen atoms in total. The molecule has 2 aromatic rings. The van der Waals surface area contributed by atoms with Gasteiger partial charge in [-0.1, -0.05) is 12.1 Å². The van der Waals surface area contributed by atoms with Gasteiger partial charge in [0.1, 0.15) is 5.69 Å². The van der Waals surface area contributed by atoms with Crippen molar-refractivity contribution in [1.29, 1.82) is 0 Å². The first-order valence-electron chi connectivity index (χ1n) is 7.15. The van der Waals surface area contributed by atoms with Gasteiger partial charge in [-0.25, -0.2) is 13.6 Å². The Kier molecular flexibility index (Phi) is 4.63. The standard InChI is InChI=1S/C16H21N3O3S/c1-11-8-9-15(18(11)3)16(20)19(4)12(2)13-6-5-7-14(10-13)23(17,21)22/h5-10,12H,1-4H3,(H2,17,21,22). The second kappa shape index (κ2) is 6.17. The van der Waals surface area contributed by atoms with Crippen LogP contribution in [0.1, 0.15) is 34.7 Å². The van der Waals surface area contributed by atoms with Crippen LogP contribution >= 0.6 is 0 Å². The van der Waals surface area contributed by atoms with Crippen molar-refractivity contribution in [2.45, 2.75) is 24.8 Å². The molecule has 0 fully saturated rings. The summed E-state index contributed by atoms with van der Waals surface area (Å²) in [5.41, 5.74) is 2.28. The highest BCUT2D eigenvalue weighted by Crippen LogP contribution is 2.23. The first-order chi connectivity index (χ1) is 10.6. The summed E-state index contributed by atoms with van der Waals surface area (Å²) in [5, 5.41) is 5.16. The number of sulfonamides is 1. The molecule has 0 saturated heterocycles. The number of amides is 1. The minimum atomic E-state index is -3.77. The zero-order valence-electron chi connectivity index (χ0n) is 13.6. The summed E-state index contributed by atoms with van der Waals surface area (Å²) >= 11 is 0. The second-order valence-corrected chi connectivity index (χ2v) is 7.19. The van der Waals surface area contributed by atoms with Crippen molar-refractivity contribution in [3.05, 3.63) is 53.3 Å².